The Hall–Kier alpha value is -6.26. The van der Waals surface area contributed by atoms with Gasteiger partial charge in [-0.05, 0) is 62.9 Å². The molecule has 1 aromatic heterocycles. The van der Waals surface area contributed by atoms with E-state index in [1.807, 2.05) is 24.3 Å². The fourth-order valence-electron chi connectivity index (χ4n) is 6.54. The van der Waals surface area contributed by atoms with Gasteiger partial charge in [0.2, 0.25) is 0 Å². The molecule has 0 bridgehead atoms. The summed E-state index contributed by atoms with van der Waals surface area (Å²) >= 11 is 0. The second-order valence-corrected chi connectivity index (χ2v) is 11.9. The topological polar surface area (TPSA) is 49.9 Å². The summed E-state index contributed by atoms with van der Waals surface area (Å²) < 4.78 is 6.45. The van der Waals surface area contributed by atoms with Crippen LogP contribution >= 0.6 is 0 Å². The van der Waals surface area contributed by atoms with Crippen LogP contribution in [0.3, 0.4) is 0 Å². The number of para-hydroxylation sites is 1. The molecule has 0 amide bonds. The molecule has 0 spiro atoms. The molecule has 0 radical (unpaired) electrons. The fourth-order valence-corrected chi connectivity index (χ4v) is 6.54. The molecule has 1 N–H and O–H groups in total. The number of hydrogen-bond donors (Lipinski definition) is 1. The summed E-state index contributed by atoms with van der Waals surface area (Å²) in [6, 6.07) is 56.9. The third kappa shape index (κ3) is 4.97. The number of amidine groups is 2. The minimum absolute atomic E-state index is 0.343. The number of fused-ring (bicyclic) bond motifs is 4. The third-order valence-corrected chi connectivity index (χ3v) is 8.92. The maximum absolute atomic E-state index is 6.45. The van der Waals surface area contributed by atoms with Crippen LogP contribution in [-0.2, 0) is 0 Å². The molecule has 4 nitrogen and oxygen atoms in total. The van der Waals surface area contributed by atoms with Crippen LogP contribution < -0.4 is 5.32 Å². The summed E-state index contributed by atoms with van der Waals surface area (Å²) in [6.45, 7) is 0. The molecule has 1 unspecified atom stereocenters. The van der Waals surface area contributed by atoms with E-state index in [0.29, 0.717) is 5.84 Å². The standard InChI is InChI=1S/C43H29N3O/c1-3-11-28(12-4-1)31-19-22-32(23-20-31)41-44-42(34-24-21-30-15-7-8-16-33(30)25-34)46-43(45-41)37-26-35(29-13-5-2-6-14-29)27-39-40(37)36-17-9-10-18-38(36)47-39/h1-27,42H,(H,44,45,46). The van der Waals surface area contributed by atoms with Crippen LogP contribution in [0.5, 0.6) is 0 Å². The Kier molecular flexibility index (Phi) is 6.50. The van der Waals surface area contributed by atoms with Gasteiger partial charge >= 0.3 is 0 Å². The SMILES string of the molecule is c1ccc(-c2ccc(C3=NC(c4cc(-c5ccccc5)cc5oc6ccccc6c45)=NC(c4ccc5ccccc5c4)N3)cc2)cc1. The lowest BCUT2D eigenvalue weighted by molar-refractivity contribution is 0.668. The van der Waals surface area contributed by atoms with Gasteiger partial charge in [0, 0.05) is 21.9 Å². The summed E-state index contributed by atoms with van der Waals surface area (Å²) in [5, 5.41) is 8.11. The van der Waals surface area contributed by atoms with Gasteiger partial charge in [0.25, 0.3) is 0 Å². The van der Waals surface area contributed by atoms with Gasteiger partial charge < -0.3 is 9.73 Å². The van der Waals surface area contributed by atoms with Crippen molar-refractivity contribution in [1.82, 2.24) is 5.32 Å². The molecular weight excluding hydrogens is 574 g/mol. The number of benzene rings is 7. The molecule has 0 fully saturated rings. The number of hydrogen-bond acceptors (Lipinski definition) is 4. The van der Waals surface area contributed by atoms with Crippen molar-refractivity contribution in [2.75, 3.05) is 0 Å². The predicted octanol–water partition coefficient (Wildman–Crippen LogP) is 10.6. The molecule has 0 saturated carbocycles. The Morgan fingerprint density at radius 2 is 1.13 bits per heavy atom. The molecule has 0 aliphatic carbocycles. The summed E-state index contributed by atoms with van der Waals surface area (Å²) in [5.41, 5.74) is 9.17. The van der Waals surface area contributed by atoms with E-state index in [2.05, 4.69) is 145 Å². The van der Waals surface area contributed by atoms with Crippen molar-refractivity contribution in [1.29, 1.82) is 0 Å². The lowest BCUT2D eigenvalue weighted by Crippen LogP contribution is -2.33. The maximum Gasteiger partial charge on any atom is 0.160 e. The second kappa shape index (κ2) is 11.3. The zero-order valence-corrected chi connectivity index (χ0v) is 25.5. The monoisotopic (exact) mass is 603 g/mol. The Balaban J connectivity index is 1.25. The van der Waals surface area contributed by atoms with Crippen LogP contribution in [-0.4, -0.2) is 11.7 Å². The van der Waals surface area contributed by atoms with E-state index in [9.17, 15) is 0 Å². The maximum atomic E-state index is 6.45. The van der Waals surface area contributed by atoms with E-state index < -0.39 is 0 Å². The zero-order valence-electron chi connectivity index (χ0n) is 25.5. The highest BCUT2D eigenvalue weighted by molar-refractivity contribution is 6.22. The minimum atomic E-state index is -0.343. The summed E-state index contributed by atoms with van der Waals surface area (Å²) in [7, 11) is 0. The molecule has 47 heavy (non-hydrogen) atoms. The minimum Gasteiger partial charge on any atom is -0.456 e. The van der Waals surface area contributed by atoms with Crippen molar-refractivity contribution in [3.8, 4) is 22.3 Å². The van der Waals surface area contributed by atoms with Crippen molar-refractivity contribution in [2.24, 2.45) is 9.98 Å². The van der Waals surface area contributed by atoms with Crippen LogP contribution in [0.25, 0.3) is 55.0 Å². The number of nitrogens with zero attached hydrogens (tertiary/aromatic N) is 2. The largest absolute Gasteiger partial charge is 0.456 e. The molecule has 1 aliphatic heterocycles. The van der Waals surface area contributed by atoms with Gasteiger partial charge in [-0.3, -0.25) is 0 Å². The molecule has 9 rings (SSSR count). The Bertz CT molecular complexity index is 2480. The second-order valence-electron chi connectivity index (χ2n) is 11.9. The Morgan fingerprint density at radius 3 is 1.91 bits per heavy atom. The molecule has 222 valence electrons. The van der Waals surface area contributed by atoms with Crippen molar-refractivity contribution >= 4 is 44.4 Å². The van der Waals surface area contributed by atoms with E-state index in [-0.39, 0.29) is 6.17 Å². The first-order valence-corrected chi connectivity index (χ1v) is 15.9. The highest BCUT2D eigenvalue weighted by atomic mass is 16.3. The summed E-state index contributed by atoms with van der Waals surface area (Å²) in [6.07, 6.45) is -0.343. The van der Waals surface area contributed by atoms with Gasteiger partial charge in [-0.25, -0.2) is 9.98 Å². The van der Waals surface area contributed by atoms with Crippen LogP contribution in [0, 0.1) is 0 Å². The van der Waals surface area contributed by atoms with Crippen LogP contribution in [0.4, 0.5) is 0 Å². The Labute approximate surface area is 272 Å². The van der Waals surface area contributed by atoms with Gasteiger partial charge in [-0.2, -0.15) is 0 Å². The smallest absolute Gasteiger partial charge is 0.160 e. The van der Waals surface area contributed by atoms with Gasteiger partial charge in [0.05, 0.1) is 0 Å². The Morgan fingerprint density at radius 1 is 0.489 bits per heavy atom. The molecule has 2 heterocycles. The van der Waals surface area contributed by atoms with E-state index in [0.717, 1.165) is 61.2 Å². The first-order valence-electron chi connectivity index (χ1n) is 15.9. The van der Waals surface area contributed by atoms with Crippen LogP contribution in [0.15, 0.2) is 178 Å². The quantitative estimate of drug-likeness (QED) is 0.213. The van der Waals surface area contributed by atoms with Crippen molar-refractivity contribution in [2.45, 2.75) is 6.17 Å². The molecule has 1 aliphatic rings. The van der Waals surface area contributed by atoms with Gasteiger partial charge in [-0.1, -0.05) is 140 Å². The molecule has 4 heteroatoms. The number of aliphatic imine (C=N–C) groups is 2. The van der Waals surface area contributed by atoms with Crippen molar-refractivity contribution < 1.29 is 4.42 Å². The molecular formula is C43H29N3O. The van der Waals surface area contributed by atoms with Crippen molar-refractivity contribution in [3.63, 3.8) is 0 Å². The van der Waals surface area contributed by atoms with Crippen LogP contribution in [0.1, 0.15) is 22.9 Å². The fraction of sp³-hybridized carbons (Fsp3) is 0.0233. The van der Waals surface area contributed by atoms with E-state index in [1.54, 1.807) is 0 Å². The first-order chi connectivity index (χ1) is 23.3. The van der Waals surface area contributed by atoms with Gasteiger partial charge in [0.15, 0.2) is 5.84 Å². The first kappa shape index (κ1) is 27.1. The third-order valence-electron chi connectivity index (χ3n) is 8.92. The lowest BCUT2D eigenvalue weighted by atomic mass is 9.97. The molecule has 7 aromatic carbocycles. The van der Waals surface area contributed by atoms with Crippen LogP contribution in [0.2, 0.25) is 0 Å². The number of furan rings is 1. The predicted molar refractivity (Wildman–Crippen MR) is 194 cm³/mol. The van der Waals surface area contributed by atoms with Crippen molar-refractivity contribution in [3.05, 3.63) is 180 Å². The zero-order chi connectivity index (χ0) is 31.2. The average Bonchev–Trinajstić information content (AvgIpc) is 3.53. The highest BCUT2D eigenvalue weighted by Gasteiger charge is 2.24. The normalized spacial score (nSPS) is 14.6. The van der Waals surface area contributed by atoms with Gasteiger partial charge in [0.1, 0.15) is 23.2 Å². The number of nitrogens with one attached hydrogen (secondary N) is 1. The summed E-state index contributed by atoms with van der Waals surface area (Å²) in [5.74, 6) is 1.44. The average molecular weight is 604 g/mol. The van der Waals surface area contributed by atoms with E-state index in [1.165, 1.54) is 16.3 Å². The molecule has 8 aromatic rings. The lowest BCUT2D eigenvalue weighted by Gasteiger charge is -2.24. The van der Waals surface area contributed by atoms with Gasteiger partial charge in [-0.15, -0.1) is 0 Å². The summed E-state index contributed by atoms with van der Waals surface area (Å²) in [4.78, 5) is 10.6. The molecule has 0 saturated heterocycles. The van der Waals surface area contributed by atoms with E-state index in [4.69, 9.17) is 14.4 Å². The number of rotatable bonds is 5. The van der Waals surface area contributed by atoms with E-state index >= 15 is 0 Å². The molecule has 1 atom stereocenters. The highest BCUT2D eigenvalue weighted by Crippen LogP contribution is 2.37.